The molecule has 0 N–H and O–H groups in total. The summed E-state index contributed by atoms with van der Waals surface area (Å²) in [7, 11) is 0. The van der Waals surface area contributed by atoms with E-state index < -0.39 is 0 Å². The summed E-state index contributed by atoms with van der Waals surface area (Å²) in [5, 5.41) is 4.82. The summed E-state index contributed by atoms with van der Waals surface area (Å²) in [5.74, 6) is 0. The van der Waals surface area contributed by atoms with Crippen molar-refractivity contribution in [2.75, 3.05) is 4.90 Å². The van der Waals surface area contributed by atoms with Crippen molar-refractivity contribution >= 4 is 38.6 Å². The number of hydrogen-bond acceptors (Lipinski definition) is 1. The molecule has 0 heterocycles. The molecule has 0 aliphatic rings. The van der Waals surface area contributed by atoms with Crippen LogP contribution in [0.15, 0.2) is 285 Å². The maximum atomic E-state index is 2.49. The van der Waals surface area contributed by atoms with E-state index in [1.165, 1.54) is 82.7 Å². The molecule has 0 aliphatic heterocycles. The number of hydrogen-bond donors (Lipinski definition) is 0. The van der Waals surface area contributed by atoms with Crippen molar-refractivity contribution in [3.8, 4) is 77.9 Å². The van der Waals surface area contributed by atoms with Gasteiger partial charge in [0.05, 0.1) is 5.69 Å². The molecular weight excluding hydrogens is 831 g/mol. The summed E-state index contributed by atoms with van der Waals surface area (Å²) in [6.07, 6.45) is 0. The highest BCUT2D eigenvalue weighted by atomic mass is 15.1. The van der Waals surface area contributed by atoms with Gasteiger partial charge in [-0.2, -0.15) is 0 Å². The third-order valence-electron chi connectivity index (χ3n) is 13.4. The first-order chi connectivity index (χ1) is 34.2. The zero-order valence-electron chi connectivity index (χ0n) is 38.1. The first kappa shape index (κ1) is 41.4. The summed E-state index contributed by atoms with van der Waals surface area (Å²) in [6.45, 7) is 0. The van der Waals surface area contributed by atoms with Crippen LogP contribution >= 0.6 is 0 Å². The van der Waals surface area contributed by atoms with Gasteiger partial charge in [-0.1, -0.05) is 243 Å². The Morgan fingerprint density at radius 3 is 1.14 bits per heavy atom. The molecule has 0 aliphatic carbocycles. The van der Waals surface area contributed by atoms with Gasteiger partial charge in [0.1, 0.15) is 0 Å². The van der Waals surface area contributed by atoms with Gasteiger partial charge in [0, 0.05) is 16.8 Å². The van der Waals surface area contributed by atoms with Crippen LogP contribution < -0.4 is 4.90 Å². The van der Waals surface area contributed by atoms with Crippen molar-refractivity contribution in [3.63, 3.8) is 0 Å². The third kappa shape index (κ3) is 7.97. The topological polar surface area (TPSA) is 3.24 Å². The molecule has 0 atom stereocenters. The summed E-state index contributed by atoms with van der Waals surface area (Å²) >= 11 is 0. The van der Waals surface area contributed by atoms with Crippen molar-refractivity contribution in [3.05, 3.63) is 285 Å². The van der Waals surface area contributed by atoms with Gasteiger partial charge in [-0.3, -0.25) is 0 Å². The molecule has 69 heavy (non-hydrogen) atoms. The van der Waals surface area contributed by atoms with E-state index in [1.807, 2.05) is 0 Å². The molecule has 0 aromatic heterocycles. The van der Waals surface area contributed by atoms with Crippen LogP contribution in [0.2, 0.25) is 0 Å². The van der Waals surface area contributed by atoms with Gasteiger partial charge in [0.2, 0.25) is 0 Å². The molecule has 0 spiro atoms. The van der Waals surface area contributed by atoms with Crippen molar-refractivity contribution in [1.82, 2.24) is 0 Å². The van der Waals surface area contributed by atoms with Crippen LogP contribution in [-0.2, 0) is 0 Å². The Balaban J connectivity index is 1.13. The molecule has 324 valence electrons. The lowest BCUT2D eigenvalue weighted by Gasteiger charge is -2.30. The van der Waals surface area contributed by atoms with Gasteiger partial charge < -0.3 is 4.90 Å². The Morgan fingerprint density at radius 1 is 0.203 bits per heavy atom. The zero-order valence-corrected chi connectivity index (χ0v) is 38.1. The van der Waals surface area contributed by atoms with Crippen LogP contribution in [-0.4, -0.2) is 0 Å². The monoisotopic (exact) mass is 877 g/mol. The number of rotatable bonds is 10. The Kier molecular flexibility index (Phi) is 11.0. The highest BCUT2D eigenvalue weighted by molar-refractivity contribution is 6.25. The molecule has 0 saturated carbocycles. The third-order valence-corrected chi connectivity index (χ3v) is 13.4. The van der Waals surface area contributed by atoms with E-state index >= 15 is 0 Å². The number of benzene rings is 12. The van der Waals surface area contributed by atoms with Crippen LogP contribution in [0.3, 0.4) is 0 Å². The van der Waals surface area contributed by atoms with Gasteiger partial charge in [-0.25, -0.2) is 0 Å². The molecule has 12 aromatic rings. The normalized spacial score (nSPS) is 11.2. The molecule has 12 rings (SSSR count). The van der Waals surface area contributed by atoms with Crippen molar-refractivity contribution in [1.29, 1.82) is 0 Å². The molecule has 0 unspecified atom stereocenters. The Bertz CT molecular complexity index is 3660. The molecule has 12 aromatic carbocycles. The molecular formula is C68H47N. The van der Waals surface area contributed by atoms with Gasteiger partial charge in [-0.15, -0.1) is 0 Å². The van der Waals surface area contributed by atoms with E-state index in [2.05, 4.69) is 290 Å². The predicted octanol–water partition coefficient (Wildman–Crippen LogP) is 19.1. The Labute approximate surface area is 404 Å². The van der Waals surface area contributed by atoms with E-state index in [1.54, 1.807) is 0 Å². The minimum Gasteiger partial charge on any atom is -0.310 e. The summed E-state index contributed by atoms with van der Waals surface area (Å²) in [5.41, 5.74) is 19.9. The van der Waals surface area contributed by atoms with Gasteiger partial charge in [-0.05, 0) is 137 Å². The second-order valence-corrected chi connectivity index (χ2v) is 17.6. The van der Waals surface area contributed by atoms with Crippen LogP contribution in [0.25, 0.3) is 99.4 Å². The van der Waals surface area contributed by atoms with Crippen LogP contribution in [0.1, 0.15) is 0 Å². The standard InChI is InChI=1S/C68H47N/c1-7-22-48(23-8-1)55-40-43-60(64(47-55)51-28-13-4-14-29-51)52-38-41-58(42-39-52)69(59-45-56(49-24-9-2-10-25-49)44-57(46-59)50-26-11-3-12-27-50)65-37-21-36-63-67(54-32-17-6-18-33-54)66(53-30-15-5-16-31-53)61-34-19-20-35-62(61)68(63)65/h1-47H. The van der Waals surface area contributed by atoms with Gasteiger partial charge >= 0.3 is 0 Å². The number of fused-ring (bicyclic) bond motifs is 3. The lowest BCUT2D eigenvalue weighted by molar-refractivity contribution is 1.30. The fourth-order valence-electron chi connectivity index (χ4n) is 10.2. The van der Waals surface area contributed by atoms with Gasteiger partial charge in [0.15, 0.2) is 0 Å². The van der Waals surface area contributed by atoms with Crippen LogP contribution in [0.5, 0.6) is 0 Å². The van der Waals surface area contributed by atoms with E-state index in [4.69, 9.17) is 0 Å². The smallest absolute Gasteiger partial charge is 0.0546 e. The number of anilines is 3. The molecule has 0 fully saturated rings. The second kappa shape index (κ2) is 18.3. The molecule has 0 saturated heterocycles. The summed E-state index contributed by atoms with van der Waals surface area (Å²) in [4.78, 5) is 2.49. The summed E-state index contributed by atoms with van der Waals surface area (Å²) < 4.78 is 0. The highest BCUT2D eigenvalue weighted by Gasteiger charge is 2.24. The minimum absolute atomic E-state index is 1.06. The first-order valence-corrected chi connectivity index (χ1v) is 23.7. The molecule has 0 amide bonds. The maximum absolute atomic E-state index is 2.49. The SMILES string of the molecule is c1ccc(-c2cc(-c3ccccc3)cc(N(c3ccc(-c4ccc(-c5ccccc5)cc4-c4ccccc4)cc3)c3cccc4c(-c5ccccc5)c(-c5ccccc5)c5ccccc5c34)c2)cc1. The molecule has 1 heteroatoms. The molecule has 1 nitrogen and oxygen atoms in total. The fraction of sp³-hybridized carbons (Fsp3) is 0. The lowest BCUT2D eigenvalue weighted by atomic mass is 9.84. The van der Waals surface area contributed by atoms with E-state index in [0.29, 0.717) is 0 Å². The van der Waals surface area contributed by atoms with E-state index in [-0.39, 0.29) is 0 Å². The van der Waals surface area contributed by atoms with E-state index in [9.17, 15) is 0 Å². The van der Waals surface area contributed by atoms with Crippen LogP contribution in [0.4, 0.5) is 17.1 Å². The first-order valence-electron chi connectivity index (χ1n) is 23.7. The minimum atomic E-state index is 1.06. The second-order valence-electron chi connectivity index (χ2n) is 17.6. The van der Waals surface area contributed by atoms with E-state index in [0.717, 1.165) is 33.8 Å². The number of nitrogens with zero attached hydrogens (tertiary/aromatic N) is 1. The van der Waals surface area contributed by atoms with Crippen molar-refractivity contribution in [2.45, 2.75) is 0 Å². The Morgan fingerprint density at radius 2 is 0.609 bits per heavy atom. The van der Waals surface area contributed by atoms with Crippen LogP contribution in [0, 0.1) is 0 Å². The summed E-state index contributed by atoms with van der Waals surface area (Å²) in [6, 6.07) is 104. The average molecular weight is 878 g/mol. The van der Waals surface area contributed by atoms with Crippen molar-refractivity contribution in [2.24, 2.45) is 0 Å². The maximum Gasteiger partial charge on any atom is 0.0546 e. The highest BCUT2D eigenvalue weighted by Crippen LogP contribution is 2.50. The van der Waals surface area contributed by atoms with Crippen molar-refractivity contribution < 1.29 is 0 Å². The Hall–Kier alpha value is -9.04. The predicted molar refractivity (Wildman–Crippen MR) is 294 cm³/mol. The zero-order chi connectivity index (χ0) is 45.9. The average Bonchev–Trinajstić information content (AvgIpc) is 3.44. The lowest BCUT2D eigenvalue weighted by Crippen LogP contribution is -2.11. The fourth-order valence-corrected chi connectivity index (χ4v) is 10.2. The quantitative estimate of drug-likeness (QED) is 0.124. The largest absolute Gasteiger partial charge is 0.310 e. The van der Waals surface area contributed by atoms with Gasteiger partial charge in [0.25, 0.3) is 0 Å². The molecule has 0 bridgehead atoms. The molecule has 0 radical (unpaired) electrons.